The van der Waals surface area contributed by atoms with E-state index in [1.165, 1.54) is 0 Å². The van der Waals surface area contributed by atoms with Crippen LogP contribution in [0.2, 0.25) is 0 Å². The molecule has 0 unspecified atom stereocenters. The van der Waals surface area contributed by atoms with Gasteiger partial charge in [0.15, 0.2) is 5.13 Å². The van der Waals surface area contributed by atoms with Gasteiger partial charge in [0.05, 0.1) is 37.1 Å². The molecule has 158 valence electrons. The molecule has 0 aliphatic carbocycles. The van der Waals surface area contributed by atoms with E-state index in [4.69, 9.17) is 14.5 Å². The van der Waals surface area contributed by atoms with Crippen molar-refractivity contribution in [3.63, 3.8) is 0 Å². The number of hydrogen-bond donors (Lipinski definition) is 1. The van der Waals surface area contributed by atoms with Gasteiger partial charge < -0.3 is 14.4 Å². The third-order valence-corrected chi connectivity index (χ3v) is 6.50. The highest BCUT2D eigenvalue weighted by Crippen LogP contribution is 2.32. The Morgan fingerprint density at radius 1 is 1.23 bits per heavy atom. The summed E-state index contributed by atoms with van der Waals surface area (Å²) < 4.78 is 11.8. The highest BCUT2D eigenvalue weighted by molar-refractivity contribution is 7.22. The number of nitrogens with one attached hydrogen (secondary N) is 1. The smallest absolute Gasteiger partial charge is 0.260 e. The minimum atomic E-state index is 0.00157. The first kappa shape index (κ1) is 20.8. The zero-order valence-electron chi connectivity index (χ0n) is 17.5. The molecule has 6 nitrogen and oxygen atoms in total. The van der Waals surface area contributed by atoms with E-state index >= 15 is 0 Å². The van der Waals surface area contributed by atoms with Gasteiger partial charge in [-0.1, -0.05) is 29.0 Å². The summed E-state index contributed by atoms with van der Waals surface area (Å²) in [5.74, 6) is 0.772. The number of methoxy groups -OCH3 is 1. The minimum absolute atomic E-state index is 0.00157. The van der Waals surface area contributed by atoms with Crippen molar-refractivity contribution in [3.05, 3.63) is 53.6 Å². The number of hydrogen-bond acceptors (Lipinski definition) is 5. The molecule has 1 amide bonds. The lowest BCUT2D eigenvalue weighted by Gasteiger charge is -2.25. The number of fused-ring (bicyclic) bond motifs is 1. The number of thiazole rings is 1. The van der Waals surface area contributed by atoms with Crippen LogP contribution < -0.4 is 14.5 Å². The highest BCUT2D eigenvalue weighted by atomic mass is 32.1. The maximum absolute atomic E-state index is 13.4. The number of quaternary nitrogens is 1. The van der Waals surface area contributed by atoms with Crippen LogP contribution in [0.1, 0.15) is 22.3 Å². The number of amides is 1. The quantitative estimate of drug-likeness (QED) is 0.631. The highest BCUT2D eigenvalue weighted by Gasteiger charge is 2.23. The summed E-state index contributed by atoms with van der Waals surface area (Å²) in [5, 5.41) is 0.738. The van der Waals surface area contributed by atoms with E-state index in [1.54, 1.807) is 23.3 Å². The number of ether oxygens (including phenoxy) is 2. The van der Waals surface area contributed by atoms with E-state index in [2.05, 4.69) is 0 Å². The molecule has 1 aromatic heterocycles. The number of carbonyl (C=O) groups is 1. The van der Waals surface area contributed by atoms with Gasteiger partial charge in [0.2, 0.25) is 0 Å². The maximum Gasteiger partial charge on any atom is 0.260 e. The average molecular weight is 427 g/mol. The molecule has 0 saturated carbocycles. The fourth-order valence-corrected chi connectivity index (χ4v) is 4.72. The first-order valence-electron chi connectivity index (χ1n) is 10.4. The van der Waals surface area contributed by atoms with E-state index in [9.17, 15) is 4.79 Å². The van der Waals surface area contributed by atoms with Gasteiger partial charge in [-0.3, -0.25) is 9.69 Å². The topological polar surface area (TPSA) is 56.1 Å². The summed E-state index contributed by atoms with van der Waals surface area (Å²) in [5.41, 5.74) is 2.63. The summed E-state index contributed by atoms with van der Waals surface area (Å²) in [6.07, 6.45) is 0.923. The second kappa shape index (κ2) is 9.55. The second-order valence-corrected chi connectivity index (χ2v) is 8.63. The molecule has 1 fully saturated rings. The van der Waals surface area contributed by atoms with Gasteiger partial charge in [0, 0.05) is 24.6 Å². The van der Waals surface area contributed by atoms with Crippen molar-refractivity contribution in [3.8, 4) is 5.75 Å². The van der Waals surface area contributed by atoms with Gasteiger partial charge in [-0.25, -0.2) is 4.98 Å². The van der Waals surface area contributed by atoms with Crippen LogP contribution in [0.3, 0.4) is 0 Å². The Morgan fingerprint density at radius 2 is 2.07 bits per heavy atom. The van der Waals surface area contributed by atoms with Crippen molar-refractivity contribution < 1.29 is 19.2 Å². The molecule has 0 bridgehead atoms. The molecule has 2 aromatic carbocycles. The Balaban J connectivity index is 1.58. The molecular formula is C23H28N3O3S+. The van der Waals surface area contributed by atoms with Crippen LogP contribution in [0.4, 0.5) is 5.13 Å². The summed E-state index contributed by atoms with van der Waals surface area (Å²) in [4.78, 5) is 21.6. The Hall–Kier alpha value is -2.48. The second-order valence-electron chi connectivity index (χ2n) is 7.62. The number of anilines is 1. The zero-order valence-corrected chi connectivity index (χ0v) is 18.3. The minimum Gasteiger partial charge on any atom is -0.497 e. The Morgan fingerprint density at radius 3 is 2.83 bits per heavy atom. The van der Waals surface area contributed by atoms with Crippen LogP contribution in [0.15, 0.2) is 42.5 Å². The first-order valence-corrected chi connectivity index (χ1v) is 11.2. The Bertz CT molecular complexity index is 1010. The molecule has 0 atom stereocenters. The number of morpholine rings is 1. The molecule has 3 aromatic rings. The SMILES string of the molecule is COc1ccc2sc(N(CCC[NH+]3CCOCC3)C(=O)c3cccc(C)c3)nc2c1. The number of aryl methyl sites for hydroxylation is 1. The third-order valence-electron chi connectivity index (χ3n) is 5.44. The monoisotopic (exact) mass is 426 g/mol. The molecule has 1 N–H and O–H groups in total. The predicted molar refractivity (Wildman–Crippen MR) is 120 cm³/mol. The molecule has 4 rings (SSSR count). The number of nitrogens with zero attached hydrogens (tertiary/aromatic N) is 2. The van der Waals surface area contributed by atoms with Crippen molar-refractivity contribution in [1.29, 1.82) is 0 Å². The van der Waals surface area contributed by atoms with Crippen LogP contribution >= 0.6 is 11.3 Å². The molecule has 1 aliphatic rings. The fourth-order valence-electron chi connectivity index (χ4n) is 3.75. The van der Waals surface area contributed by atoms with Gasteiger partial charge in [-0.05, 0) is 31.2 Å². The number of carbonyl (C=O) groups excluding carboxylic acids is 1. The lowest BCUT2D eigenvalue weighted by atomic mass is 10.1. The third kappa shape index (κ3) is 4.80. The number of aromatic nitrogens is 1. The number of rotatable bonds is 7. The molecule has 2 heterocycles. The normalized spacial score (nSPS) is 14.7. The molecule has 30 heavy (non-hydrogen) atoms. The zero-order chi connectivity index (χ0) is 20.9. The Kier molecular flexibility index (Phi) is 6.62. The van der Waals surface area contributed by atoms with Gasteiger partial charge in [-0.2, -0.15) is 0 Å². The van der Waals surface area contributed by atoms with Crippen molar-refractivity contribution in [1.82, 2.24) is 4.98 Å². The average Bonchev–Trinajstić information content (AvgIpc) is 3.20. The van der Waals surface area contributed by atoms with Gasteiger partial charge in [-0.15, -0.1) is 0 Å². The van der Waals surface area contributed by atoms with Crippen LogP contribution in [0.5, 0.6) is 5.75 Å². The van der Waals surface area contributed by atoms with Crippen molar-refractivity contribution >= 4 is 32.6 Å². The molecule has 0 spiro atoms. The van der Waals surface area contributed by atoms with Gasteiger partial charge >= 0.3 is 0 Å². The molecule has 7 heteroatoms. The van der Waals surface area contributed by atoms with E-state index in [-0.39, 0.29) is 5.91 Å². The summed E-state index contributed by atoms with van der Waals surface area (Å²) >= 11 is 1.55. The largest absolute Gasteiger partial charge is 0.497 e. The van der Waals surface area contributed by atoms with Gasteiger partial charge in [0.25, 0.3) is 5.91 Å². The van der Waals surface area contributed by atoms with Crippen LogP contribution in [-0.4, -0.2) is 57.4 Å². The van der Waals surface area contributed by atoms with E-state index in [0.29, 0.717) is 12.1 Å². The van der Waals surface area contributed by atoms with Crippen molar-refractivity contribution in [2.24, 2.45) is 0 Å². The molecule has 1 aliphatic heterocycles. The molecule has 1 saturated heterocycles. The van der Waals surface area contributed by atoms with Gasteiger partial charge in [0.1, 0.15) is 18.8 Å². The standard InChI is InChI=1S/C23H27N3O3S/c1-17-5-3-6-18(15-17)22(27)26(10-4-9-25-11-13-29-14-12-25)23-24-20-16-19(28-2)7-8-21(20)30-23/h3,5-8,15-16H,4,9-14H2,1-2H3/p+1. The fraction of sp³-hybridized carbons (Fsp3) is 0.391. The van der Waals surface area contributed by atoms with E-state index < -0.39 is 0 Å². The molecule has 0 radical (unpaired) electrons. The van der Waals surface area contributed by atoms with Crippen molar-refractivity contribution in [2.45, 2.75) is 13.3 Å². The van der Waals surface area contributed by atoms with E-state index in [1.807, 2.05) is 54.3 Å². The first-order chi connectivity index (χ1) is 14.6. The van der Waals surface area contributed by atoms with Crippen LogP contribution in [-0.2, 0) is 4.74 Å². The molecular weight excluding hydrogens is 398 g/mol. The maximum atomic E-state index is 13.4. The Labute approximate surface area is 181 Å². The predicted octanol–water partition coefficient (Wildman–Crippen LogP) is 2.57. The lowest BCUT2D eigenvalue weighted by Crippen LogP contribution is -3.14. The van der Waals surface area contributed by atoms with Crippen LogP contribution in [0.25, 0.3) is 10.2 Å². The number of benzene rings is 2. The summed E-state index contributed by atoms with van der Waals surface area (Å²) in [6, 6.07) is 13.6. The van der Waals surface area contributed by atoms with Crippen molar-refractivity contribution in [2.75, 3.05) is 51.4 Å². The lowest BCUT2D eigenvalue weighted by molar-refractivity contribution is -0.908. The summed E-state index contributed by atoms with van der Waals surface area (Å²) in [7, 11) is 1.65. The summed E-state index contributed by atoms with van der Waals surface area (Å²) in [6.45, 7) is 7.39. The van der Waals surface area contributed by atoms with Crippen LogP contribution in [0, 0.1) is 6.92 Å². The van der Waals surface area contributed by atoms with E-state index in [0.717, 1.165) is 65.9 Å².